The SMILES string of the molecule is CN(C)N(C(=S)Nc1cccc(Br)c1)[C@H]1CCS(=O)(=O)C1. The van der Waals surface area contributed by atoms with Gasteiger partial charge in [-0.3, -0.25) is 5.01 Å². The number of benzene rings is 1. The molecular weight excluding hydrogens is 374 g/mol. The molecule has 1 aromatic rings. The van der Waals surface area contributed by atoms with Crippen molar-refractivity contribution in [1.29, 1.82) is 0 Å². The van der Waals surface area contributed by atoms with Crippen molar-refractivity contribution in [3.63, 3.8) is 0 Å². The zero-order valence-electron chi connectivity index (χ0n) is 11.9. The number of anilines is 1. The zero-order valence-corrected chi connectivity index (χ0v) is 15.1. The maximum absolute atomic E-state index is 11.7. The van der Waals surface area contributed by atoms with Crippen molar-refractivity contribution in [2.45, 2.75) is 12.5 Å². The summed E-state index contributed by atoms with van der Waals surface area (Å²) in [4.78, 5) is 0. The van der Waals surface area contributed by atoms with Gasteiger partial charge < -0.3 is 5.32 Å². The number of hydrazine groups is 1. The normalized spacial score (nSPS) is 20.5. The maximum Gasteiger partial charge on any atom is 0.188 e. The van der Waals surface area contributed by atoms with Crippen LogP contribution in [0.3, 0.4) is 0 Å². The van der Waals surface area contributed by atoms with Crippen LogP contribution in [-0.4, -0.2) is 55.2 Å². The van der Waals surface area contributed by atoms with E-state index in [1.54, 1.807) is 0 Å². The molecule has 0 radical (unpaired) electrons. The molecule has 1 atom stereocenters. The minimum Gasteiger partial charge on any atom is -0.331 e. The molecule has 2 rings (SSSR count). The highest BCUT2D eigenvalue weighted by molar-refractivity contribution is 9.10. The monoisotopic (exact) mass is 391 g/mol. The second-order valence-electron chi connectivity index (χ2n) is 5.19. The lowest BCUT2D eigenvalue weighted by Crippen LogP contribution is -2.51. The van der Waals surface area contributed by atoms with Gasteiger partial charge in [0.25, 0.3) is 0 Å². The minimum atomic E-state index is -2.95. The van der Waals surface area contributed by atoms with Gasteiger partial charge in [-0.1, -0.05) is 22.0 Å². The first-order chi connectivity index (χ1) is 9.78. The molecule has 1 heterocycles. The van der Waals surface area contributed by atoms with E-state index in [1.165, 1.54) is 0 Å². The van der Waals surface area contributed by atoms with Gasteiger partial charge in [0.05, 0.1) is 17.5 Å². The lowest BCUT2D eigenvalue weighted by atomic mass is 10.2. The van der Waals surface area contributed by atoms with Crippen molar-refractivity contribution in [3.8, 4) is 0 Å². The molecule has 1 aliphatic rings. The number of hydrogen-bond donors (Lipinski definition) is 1. The lowest BCUT2D eigenvalue weighted by molar-refractivity contribution is 0.0757. The molecule has 0 saturated carbocycles. The second-order valence-corrected chi connectivity index (χ2v) is 8.72. The molecule has 21 heavy (non-hydrogen) atoms. The van der Waals surface area contributed by atoms with Gasteiger partial charge in [0.2, 0.25) is 0 Å². The van der Waals surface area contributed by atoms with Crippen molar-refractivity contribution in [2.75, 3.05) is 30.9 Å². The van der Waals surface area contributed by atoms with Crippen LogP contribution in [-0.2, 0) is 9.84 Å². The molecule has 1 saturated heterocycles. The van der Waals surface area contributed by atoms with Crippen molar-refractivity contribution in [1.82, 2.24) is 10.0 Å². The predicted octanol–water partition coefficient (Wildman–Crippen LogP) is 2.11. The van der Waals surface area contributed by atoms with Gasteiger partial charge in [-0.05, 0) is 36.8 Å². The van der Waals surface area contributed by atoms with E-state index in [0.29, 0.717) is 11.5 Å². The van der Waals surface area contributed by atoms with Crippen LogP contribution in [0.2, 0.25) is 0 Å². The van der Waals surface area contributed by atoms with Crippen LogP contribution in [0.15, 0.2) is 28.7 Å². The van der Waals surface area contributed by atoms with Gasteiger partial charge in [-0.25, -0.2) is 13.4 Å². The zero-order chi connectivity index (χ0) is 15.6. The van der Waals surface area contributed by atoms with Gasteiger partial charge in [0.15, 0.2) is 14.9 Å². The molecule has 0 unspecified atom stereocenters. The Morgan fingerprint density at radius 3 is 2.67 bits per heavy atom. The Balaban J connectivity index is 2.13. The first-order valence-electron chi connectivity index (χ1n) is 6.52. The van der Waals surface area contributed by atoms with Gasteiger partial charge in [0.1, 0.15) is 0 Å². The number of nitrogens with one attached hydrogen (secondary N) is 1. The Morgan fingerprint density at radius 2 is 2.14 bits per heavy atom. The number of halogens is 1. The van der Waals surface area contributed by atoms with Crippen molar-refractivity contribution in [3.05, 3.63) is 28.7 Å². The summed E-state index contributed by atoms with van der Waals surface area (Å²) in [6.07, 6.45) is 0.598. The summed E-state index contributed by atoms with van der Waals surface area (Å²) in [5.41, 5.74) is 0.863. The first kappa shape index (κ1) is 16.7. The second kappa shape index (κ2) is 6.60. The predicted molar refractivity (Wildman–Crippen MR) is 92.9 cm³/mol. The molecular formula is C13H18BrN3O2S2. The third kappa shape index (κ3) is 4.38. The molecule has 0 aromatic heterocycles. The van der Waals surface area contributed by atoms with Gasteiger partial charge in [-0.15, -0.1) is 0 Å². The summed E-state index contributed by atoms with van der Waals surface area (Å²) < 4.78 is 24.3. The smallest absolute Gasteiger partial charge is 0.188 e. The van der Waals surface area contributed by atoms with E-state index in [-0.39, 0.29) is 17.5 Å². The molecule has 0 spiro atoms. The average molecular weight is 392 g/mol. The third-order valence-electron chi connectivity index (χ3n) is 3.27. The van der Waals surface area contributed by atoms with Crippen LogP contribution in [0.1, 0.15) is 6.42 Å². The van der Waals surface area contributed by atoms with E-state index >= 15 is 0 Å². The molecule has 0 aliphatic carbocycles. The fourth-order valence-electron chi connectivity index (χ4n) is 2.39. The molecule has 8 heteroatoms. The van der Waals surface area contributed by atoms with E-state index in [4.69, 9.17) is 12.2 Å². The van der Waals surface area contributed by atoms with Crippen molar-refractivity contribution in [2.24, 2.45) is 0 Å². The quantitative estimate of drug-likeness (QED) is 0.628. The molecule has 1 fully saturated rings. The number of rotatable bonds is 3. The molecule has 5 nitrogen and oxygen atoms in total. The van der Waals surface area contributed by atoms with Crippen molar-refractivity contribution < 1.29 is 8.42 Å². The molecule has 116 valence electrons. The van der Waals surface area contributed by atoms with Gasteiger partial charge in [-0.2, -0.15) is 0 Å². The molecule has 0 bridgehead atoms. The fraction of sp³-hybridized carbons (Fsp3) is 0.462. The first-order valence-corrected chi connectivity index (χ1v) is 9.54. The van der Waals surface area contributed by atoms with Crippen LogP contribution < -0.4 is 5.32 Å². The van der Waals surface area contributed by atoms with E-state index in [9.17, 15) is 8.42 Å². The Kier molecular flexibility index (Phi) is 5.24. The van der Waals surface area contributed by atoms with Gasteiger partial charge in [0, 0.05) is 24.3 Å². The highest BCUT2D eigenvalue weighted by Crippen LogP contribution is 2.21. The van der Waals surface area contributed by atoms with Crippen LogP contribution >= 0.6 is 28.1 Å². The van der Waals surface area contributed by atoms with E-state index in [2.05, 4.69) is 21.2 Å². The van der Waals surface area contributed by atoms with Crippen LogP contribution in [0, 0.1) is 0 Å². The average Bonchev–Trinajstić information content (AvgIpc) is 2.68. The maximum atomic E-state index is 11.7. The molecule has 1 aromatic carbocycles. The van der Waals surface area contributed by atoms with Crippen LogP contribution in [0.25, 0.3) is 0 Å². The number of thiocarbonyl (C=S) groups is 1. The summed E-state index contributed by atoms with van der Waals surface area (Å²) >= 11 is 8.86. The topological polar surface area (TPSA) is 52.6 Å². The standard InChI is InChI=1S/C13H18BrN3O2S2/c1-16(2)17(12-6-7-21(18,19)9-12)13(20)15-11-5-3-4-10(14)8-11/h3-5,8,12H,6-7,9H2,1-2H3,(H,15,20)/t12-/m0/s1. The molecule has 1 N–H and O–H groups in total. The Morgan fingerprint density at radius 1 is 1.43 bits per heavy atom. The van der Waals surface area contributed by atoms with E-state index in [1.807, 2.05) is 48.4 Å². The van der Waals surface area contributed by atoms with E-state index in [0.717, 1.165) is 10.2 Å². The van der Waals surface area contributed by atoms with Gasteiger partial charge >= 0.3 is 0 Å². The lowest BCUT2D eigenvalue weighted by Gasteiger charge is -2.36. The summed E-state index contributed by atoms with van der Waals surface area (Å²) in [7, 11) is 0.772. The summed E-state index contributed by atoms with van der Waals surface area (Å²) in [5.74, 6) is 0.368. The molecule has 1 aliphatic heterocycles. The Hall–Kier alpha value is -0.700. The number of sulfone groups is 1. The van der Waals surface area contributed by atoms with E-state index < -0.39 is 9.84 Å². The Bertz CT molecular complexity index is 634. The number of nitrogens with zero attached hydrogens (tertiary/aromatic N) is 2. The highest BCUT2D eigenvalue weighted by Gasteiger charge is 2.34. The summed E-state index contributed by atoms with van der Waals surface area (Å²) in [5, 5.41) is 7.33. The summed E-state index contributed by atoms with van der Waals surface area (Å²) in [6, 6.07) is 7.57. The fourth-order valence-corrected chi connectivity index (χ4v) is 4.91. The Labute approximate surface area is 139 Å². The van der Waals surface area contributed by atoms with Crippen LogP contribution in [0.4, 0.5) is 5.69 Å². The largest absolute Gasteiger partial charge is 0.331 e. The highest BCUT2D eigenvalue weighted by atomic mass is 79.9. The minimum absolute atomic E-state index is 0.114. The van der Waals surface area contributed by atoms with Crippen molar-refractivity contribution >= 4 is 48.8 Å². The number of hydrogen-bond acceptors (Lipinski definition) is 4. The van der Waals surface area contributed by atoms with Crippen LogP contribution in [0.5, 0.6) is 0 Å². The summed E-state index contributed by atoms with van der Waals surface area (Å²) in [6.45, 7) is 0. The third-order valence-corrected chi connectivity index (χ3v) is 5.80. The molecule has 0 amide bonds.